The van der Waals surface area contributed by atoms with Gasteiger partial charge in [0.05, 0.1) is 23.8 Å². The van der Waals surface area contributed by atoms with Gasteiger partial charge in [-0.1, -0.05) is 0 Å². The van der Waals surface area contributed by atoms with Crippen LogP contribution in [0.2, 0.25) is 0 Å². The predicted octanol–water partition coefficient (Wildman–Crippen LogP) is 2.45. The summed E-state index contributed by atoms with van der Waals surface area (Å²) in [7, 11) is 1.34. The molecule has 2 rings (SSSR count). The van der Waals surface area contributed by atoms with Gasteiger partial charge in [-0.25, -0.2) is 4.39 Å². The number of rotatable bonds is 5. The number of methoxy groups -OCH3 is 1. The summed E-state index contributed by atoms with van der Waals surface area (Å²) in [6.45, 7) is 1.26. The monoisotopic (exact) mass is 297 g/mol. The Morgan fingerprint density at radius 1 is 1.52 bits per heavy atom. The molecule has 1 atom stereocenters. The molecule has 21 heavy (non-hydrogen) atoms. The number of nitrogens with two attached hydrogens (primary N) is 1. The number of hydrogen-bond acceptors (Lipinski definition) is 5. The molecule has 1 unspecified atom stereocenters. The van der Waals surface area contributed by atoms with E-state index >= 15 is 0 Å². The third-order valence-corrected chi connectivity index (χ3v) is 3.88. The number of nitrogens with zero attached hydrogens (tertiary/aromatic N) is 2. The maximum absolute atomic E-state index is 14.3. The lowest BCUT2D eigenvalue weighted by molar-refractivity contribution is -0.385. The summed E-state index contributed by atoms with van der Waals surface area (Å²) in [6.07, 6.45) is 3.79. The summed E-state index contributed by atoms with van der Waals surface area (Å²) in [4.78, 5) is 12.2. The van der Waals surface area contributed by atoms with Gasteiger partial charge < -0.3 is 15.4 Å². The number of nitro groups is 1. The first-order valence-electron chi connectivity index (χ1n) is 7.07. The van der Waals surface area contributed by atoms with E-state index < -0.39 is 10.7 Å². The Labute approximate surface area is 122 Å². The fourth-order valence-electron chi connectivity index (χ4n) is 2.87. The fourth-order valence-corrected chi connectivity index (χ4v) is 2.87. The van der Waals surface area contributed by atoms with Crippen LogP contribution in [0, 0.1) is 15.9 Å². The van der Waals surface area contributed by atoms with E-state index in [1.165, 1.54) is 13.2 Å². The Morgan fingerprint density at radius 3 is 2.90 bits per heavy atom. The second-order valence-electron chi connectivity index (χ2n) is 5.15. The quantitative estimate of drug-likeness (QED) is 0.667. The molecule has 1 aromatic rings. The molecule has 0 spiro atoms. The van der Waals surface area contributed by atoms with E-state index in [9.17, 15) is 14.5 Å². The van der Waals surface area contributed by atoms with E-state index in [-0.39, 0.29) is 17.5 Å². The van der Waals surface area contributed by atoms with Crippen molar-refractivity contribution in [2.45, 2.75) is 31.7 Å². The highest BCUT2D eigenvalue weighted by Crippen LogP contribution is 2.36. The van der Waals surface area contributed by atoms with Crippen molar-refractivity contribution in [1.29, 1.82) is 0 Å². The predicted molar refractivity (Wildman–Crippen MR) is 78.3 cm³/mol. The second kappa shape index (κ2) is 6.71. The second-order valence-corrected chi connectivity index (χ2v) is 5.15. The summed E-state index contributed by atoms with van der Waals surface area (Å²) < 4.78 is 19.3. The lowest BCUT2D eigenvalue weighted by Crippen LogP contribution is -2.41. The molecule has 1 heterocycles. The average molecular weight is 297 g/mol. The molecule has 0 bridgehead atoms. The van der Waals surface area contributed by atoms with Crippen LogP contribution < -0.4 is 15.4 Å². The first-order chi connectivity index (χ1) is 10.1. The summed E-state index contributed by atoms with van der Waals surface area (Å²) in [5.41, 5.74) is 5.62. The first kappa shape index (κ1) is 15.5. The molecule has 0 aromatic heterocycles. The summed E-state index contributed by atoms with van der Waals surface area (Å²) in [5.74, 6) is -0.514. The molecular formula is C14H20FN3O3. The number of anilines is 1. The van der Waals surface area contributed by atoms with Crippen LogP contribution in [0.1, 0.15) is 25.7 Å². The molecule has 1 aliphatic heterocycles. The van der Waals surface area contributed by atoms with Crippen LogP contribution in [0.4, 0.5) is 15.8 Å². The number of halogens is 1. The van der Waals surface area contributed by atoms with Crippen LogP contribution in [0.15, 0.2) is 12.1 Å². The van der Waals surface area contributed by atoms with E-state index in [2.05, 4.69) is 0 Å². The van der Waals surface area contributed by atoms with E-state index in [0.29, 0.717) is 12.2 Å². The molecule has 0 aliphatic carbocycles. The summed E-state index contributed by atoms with van der Waals surface area (Å²) in [6, 6.07) is 2.52. The Hall–Kier alpha value is -1.89. The average Bonchev–Trinajstić information content (AvgIpc) is 2.48. The van der Waals surface area contributed by atoms with Gasteiger partial charge in [-0.2, -0.15) is 0 Å². The van der Waals surface area contributed by atoms with Crippen molar-refractivity contribution in [1.82, 2.24) is 0 Å². The molecule has 0 radical (unpaired) electrons. The standard InChI is InChI=1S/C14H20FN3O3/c1-21-14-9-12(11(15)8-13(14)18(19)20)17-7-3-2-4-10(17)5-6-16/h8-10H,2-7,16H2,1H3. The highest BCUT2D eigenvalue weighted by molar-refractivity contribution is 5.61. The topological polar surface area (TPSA) is 81.6 Å². The number of hydrogen-bond donors (Lipinski definition) is 1. The smallest absolute Gasteiger partial charge is 0.313 e. The van der Waals surface area contributed by atoms with Gasteiger partial charge in [0.25, 0.3) is 0 Å². The molecule has 1 aromatic carbocycles. The van der Waals surface area contributed by atoms with Crippen LogP contribution in [0.25, 0.3) is 0 Å². The molecule has 6 nitrogen and oxygen atoms in total. The van der Waals surface area contributed by atoms with Gasteiger partial charge in [-0.3, -0.25) is 10.1 Å². The molecule has 1 saturated heterocycles. The van der Waals surface area contributed by atoms with Crippen molar-refractivity contribution in [2.75, 3.05) is 25.1 Å². The lowest BCUT2D eigenvalue weighted by Gasteiger charge is -2.37. The lowest BCUT2D eigenvalue weighted by atomic mass is 9.98. The van der Waals surface area contributed by atoms with Gasteiger partial charge >= 0.3 is 5.69 Å². The Morgan fingerprint density at radius 2 is 2.29 bits per heavy atom. The molecule has 1 fully saturated rings. The first-order valence-corrected chi connectivity index (χ1v) is 7.07. The van der Waals surface area contributed by atoms with Crippen molar-refractivity contribution < 1.29 is 14.1 Å². The van der Waals surface area contributed by atoms with Crippen LogP contribution in [-0.4, -0.2) is 31.2 Å². The highest BCUT2D eigenvalue weighted by atomic mass is 19.1. The molecular weight excluding hydrogens is 277 g/mol. The Bertz CT molecular complexity index is 522. The van der Waals surface area contributed by atoms with Crippen LogP contribution in [0.5, 0.6) is 5.75 Å². The van der Waals surface area contributed by atoms with Gasteiger partial charge in [0, 0.05) is 18.7 Å². The van der Waals surface area contributed by atoms with Crippen LogP contribution >= 0.6 is 0 Å². The van der Waals surface area contributed by atoms with E-state index in [1.807, 2.05) is 4.90 Å². The van der Waals surface area contributed by atoms with Gasteiger partial charge in [-0.15, -0.1) is 0 Å². The largest absolute Gasteiger partial charge is 0.490 e. The number of benzene rings is 1. The maximum atomic E-state index is 14.3. The minimum absolute atomic E-state index is 0.0773. The van der Waals surface area contributed by atoms with Crippen molar-refractivity contribution >= 4 is 11.4 Å². The third-order valence-electron chi connectivity index (χ3n) is 3.88. The Kier molecular flexibility index (Phi) is 4.95. The number of piperidine rings is 1. The van der Waals surface area contributed by atoms with Gasteiger partial charge in [0.15, 0.2) is 11.6 Å². The van der Waals surface area contributed by atoms with Crippen LogP contribution in [0.3, 0.4) is 0 Å². The van der Waals surface area contributed by atoms with Crippen LogP contribution in [-0.2, 0) is 0 Å². The van der Waals surface area contributed by atoms with Crippen molar-refractivity contribution in [3.05, 3.63) is 28.1 Å². The van der Waals surface area contributed by atoms with Gasteiger partial charge in [-0.05, 0) is 32.2 Å². The minimum Gasteiger partial charge on any atom is -0.490 e. The zero-order valence-corrected chi connectivity index (χ0v) is 12.0. The van der Waals surface area contributed by atoms with Crippen molar-refractivity contribution in [2.24, 2.45) is 5.73 Å². The number of nitro benzene ring substituents is 1. The van der Waals surface area contributed by atoms with E-state index in [4.69, 9.17) is 10.5 Å². The molecule has 7 heteroatoms. The van der Waals surface area contributed by atoms with Crippen molar-refractivity contribution in [3.8, 4) is 5.75 Å². The van der Waals surface area contributed by atoms with Gasteiger partial charge in [0.2, 0.25) is 0 Å². The van der Waals surface area contributed by atoms with E-state index in [0.717, 1.165) is 38.3 Å². The minimum atomic E-state index is -0.640. The molecule has 2 N–H and O–H groups in total. The van der Waals surface area contributed by atoms with E-state index in [1.54, 1.807) is 0 Å². The molecule has 116 valence electrons. The zero-order valence-electron chi connectivity index (χ0n) is 12.0. The summed E-state index contributed by atoms with van der Waals surface area (Å²) in [5, 5.41) is 10.9. The maximum Gasteiger partial charge on any atom is 0.313 e. The molecule has 1 aliphatic rings. The fraction of sp³-hybridized carbons (Fsp3) is 0.571. The number of ether oxygens (including phenoxy) is 1. The third kappa shape index (κ3) is 3.24. The highest BCUT2D eigenvalue weighted by Gasteiger charge is 2.27. The Balaban J connectivity index is 2.39. The zero-order chi connectivity index (χ0) is 15.4. The summed E-state index contributed by atoms with van der Waals surface area (Å²) >= 11 is 0. The normalized spacial score (nSPS) is 18.6. The van der Waals surface area contributed by atoms with Crippen molar-refractivity contribution in [3.63, 3.8) is 0 Å². The SMILES string of the molecule is COc1cc(N2CCCCC2CCN)c(F)cc1[N+](=O)[O-]. The molecule has 0 amide bonds. The van der Waals surface area contributed by atoms with Gasteiger partial charge in [0.1, 0.15) is 0 Å². The molecule has 0 saturated carbocycles.